The summed E-state index contributed by atoms with van der Waals surface area (Å²) in [4.78, 5) is 11.1. The van der Waals surface area contributed by atoms with Gasteiger partial charge in [-0.05, 0) is 59.1 Å². The Morgan fingerprint density at radius 1 is 1.29 bits per heavy atom. The van der Waals surface area contributed by atoms with Crippen molar-refractivity contribution in [3.05, 3.63) is 15.6 Å². The molecule has 6 heteroatoms. The number of nitrogens with zero attached hydrogens (tertiary/aromatic N) is 2. The molecule has 24 heavy (non-hydrogen) atoms. The van der Waals surface area contributed by atoms with Gasteiger partial charge >= 0.3 is 0 Å². The first-order valence-electron chi connectivity index (χ1n) is 9.09. The van der Waals surface area contributed by atoms with Crippen LogP contribution in [0.5, 0.6) is 0 Å². The molecule has 1 aromatic heterocycles. The van der Waals surface area contributed by atoms with Gasteiger partial charge in [0.15, 0.2) is 5.96 Å². The fourth-order valence-electron chi connectivity index (χ4n) is 2.63. The second kappa shape index (κ2) is 9.66. The molecule has 1 aliphatic rings. The molecule has 0 spiro atoms. The molecule has 1 aromatic rings. The Morgan fingerprint density at radius 3 is 2.79 bits per heavy atom. The number of aryl methyl sites for hydroxylation is 3. The second-order valence-corrected chi connectivity index (χ2v) is 9.56. The average Bonchev–Trinajstić information content (AvgIpc) is 2.99. The number of hydrogen-bond acceptors (Lipinski definition) is 4. The van der Waals surface area contributed by atoms with E-state index in [0.29, 0.717) is 0 Å². The van der Waals surface area contributed by atoms with Crippen LogP contribution in [0.15, 0.2) is 4.99 Å². The van der Waals surface area contributed by atoms with Crippen molar-refractivity contribution in [3.8, 4) is 0 Å². The zero-order chi connectivity index (χ0) is 17.4. The lowest BCUT2D eigenvalue weighted by atomic mass is 10.0. The number of guanidine groups is 1. The minimum absolute atomic E-state index is 0.183. The first-order valence-corrected chi connectivity index (χ1v) is 11.1. The Hall–Kier alpha value is -0.750. The van der Waals surface area contributed by atoms with Gasteiger partial charge in [-0.2, -0.15) is 11.8 Å². The molecule has 2 rings (SSSR count). The Labute approximate surface area is 155 Å². The van der Waals surface area contributed by atoms with Gasteiger partial charge in [0.25, 0.3) is 0 Å². The van der Waals surface area contributed by atoms with Gasteiger partial charge in [0.2, 0.25) is 0 Å². The molecule has 0 fully saturated rings. The van der Waals surface area contributed by atoms with E-state index in [-0.39, 0.29) is 4.75 Å². The maximum absolute atomic E-state index is 4.83. The van der Waals surface area contributed by atoms with Gasteiger partial charge < -0.3 is 10.6 Å². The first kappa shape index (κ1) is 19.6. The van der Waals surface area contributed by atoms with Crippen molar-refractivity contribution in [2.45, 2.75) is 64.0 Å². The average molecular weight is 369 g/mol. The van der Waals surface area contributed by atoms with Gasteiger partial charge in [-0.3, -0.25) is 4.99 Å². The Morgan fingerprint density at radius 2 is 2.08 bits per heavy atom. The highest BCUT2D eigenvalue weighted by molar-refractivity contribution is 7.99. The van der Waals surface area contributed by atoms with Crippen molar-refractivity contribution in [1.82, 2.24) is 15.6 Å². The highest BCUT2D eigenvalue weighted by Crippen LogP contribution is 2.27. The fraction of sp³-hybridized carbons (Fsp3) is 0.778. The third-order valence-electron chi connectivity index (χ3n) is 4.26. The fourth-order valence-corrected chi connectivity index (χ4v) is 4.03. The van der Waals surface area contributed by atoms with E-state index in [1.54, 1.807) is 4.88 Å². The van der Waals surface area contributed by atoms with Crippen molar-refractivity contribution >= 4 is 29.1 Å². The van der Waals surface area contributed by atoms with Gasteiger partial charge in [0.05, 0.1) is 17.2 Å². The van der Waals surface area contributed by atoms with Gasteiger partial charge in [-0.15, -0.1) is 11.3 Å². The van der Waals surface area contributed by atoms with Gasteiger partial charge in [-0.25, -0.2) is 4.98 Å². The molecule has 1 heterocycles. The molecule has 0 saturated carbocycles. The largest absolute Gasteiger partial charge is 0.357 e. The molecular formula is C18H32N4S2. The summed E-state index contributed by atoms with van der Waals surface area (Å²) in [5, 5.41) is 8.10. The molecular weight excluding hydrogens is 336 g/mol. The highest BCUT2D eigenvalue weighted by Gasteiger charge is 2.16. The molecule has 0 aliphatic heterocycles. The van der Waals surface area contributed by atoms with Crippen LogP contribution in [0.25, 0.3) is 0 Å². The summed E-state index contributed by atoms with van der Waals surface area (Å²) < 4.78 is 0.183. The van der Waals surface area contributed by atoms with E-state index in [4.69, 9.17) is 9.98 Å². The number of nitrogens with one attached hydrogen (secondary N) is 2. The van der Waals surface area contributed by atoms with E-state index >= 15 is 0 Å². The van der Waals surface area contributed by atoms with Crippen LogP contribution in [-0.2, 0) is 19.3 Å². The molecule has 2 N–H and O–H groups in total. The second-order valence-electron chi connectivity index (χ2n) is 6.87. The van der Waals surface area contributed by atoms with Crippen LogP contribution < -0.4 is 10.6 Å². The summed E-state index contributed by atoms with van der Waals surface area (Å²) >= 11 is 3.79. The van der Waals surface area contributed by atoms with E-state index < -0.39 is 0 Å². The normalized spacial score (nSPS) is 15.2. The maximum atomic E-state index is 4.83. The molecule has 0 amide bonds. The number of aliphatic imine (C=N–C) groups is 1. The van der Waals surface area contributed by atoms with Crippen molar-refractivity contribution in [3.63, 3.8) is 0 Å². The molecule has 0 unspecified atom stereocenters. The van der Waals surface area contributed by atoms with E-state index in [0.717, 1.165) is 38.4 Å². The Balaban J connectivity index is 1.76. The highest BCUT2D eigenvalue weighted by atomic mass is 32.2. The summed E-state index contributed by atoms with van der Waals surface area (Å²) in [5.74, 6) is 0.929. The summed E-state index contributed by atoms with van der Waals surface area (Å²) in [6.07, 6.45) is 9.39. The van der Waals surface area contributed by atoms with Crippen LogP contribution in [0.3, 0.4) is 0 Å². The molecule has 0 aromatic carbocycles. The minimum Gasteiger partial charge on any atom is -0.357 e. The predicted octanol–water partition coefficient (Wildman–Crippen LogP) is 3.65. The predicted molar refractivity (Wildman–Crippen MR) is 109 cm³/mol. The quantitative estimate of drug-likeness (QED) is 0.418. The van der Waals surface area contributed by atoms with Crippen LogP contribution in [0, 0.1) is 0 Å². The van der Waals surface area contributed by atoms with Crippen molar-refractivity contribution < 1.29 is 0 Å². The zero-order valence-electron chi connectivity index (χ0n) is 15.6. The van der Waals surface area contributed by atoms with E-state index in [1.165, 1.54) is 36.4 Å². The van der Waals surface area contributed by atoms with Crippen LogP contribution in [0.1, 0.15) is 55.6 Å². The summed E-state index contributed by atoms with van der Waals surface area (Å²) in [7, 11) is 0. The third kappa shape index (κ3) is 6.28. The number of rotatable bonds is 8. The van der Waals surface area contributed by atoms with Crippen molar-refractivity contribution in [2.24, 2.45) is 4.99 Å². The van der Waals surface area contributed by atoms with Crippen LogP contribution >= 0.6 is 23.1 Å². The lowest BCUT2D eigenvalue weighted by Gasteiger charge is -2.20. The lowest BCUT2D eigenvalue weighted by molar-refractivity contribution is 0.677. The molecule has 0 radical (unpaired) electrons. The molecule has 0 atom stereocenters. The maximum Gasteiger partial charge on any atom is 0.191 e. The molecule has 136 valence electrons. The van der Waals surface area contributed by atoms with Crippen molar-refractivity contribution in [1.29, 1.82) is 0 Å². The molecule has 1 aliphatic carbocycles. The SMILES string of the molecule is CCNC(=NCC(C)(C)SC)NCCCc1nc2c(s1)CCCC2. The summed E-state index contributed by atoms with van der Waals surface area (Å²) in [5.41, 5.74) is 1.38. The summed E-state index contributed by atoms with van der Waals surface area (Å²) in [6, 6.07) is 0. The summed E-state index contributed by atoms with van der Waals surface area (Å²) in [6.45, 7) is 9.23. The topological polar surface area (TPSA) is 49.3 Å². The smallest absolute Gasteiger partial charge is 0.191 e. The lowest BCUT2D eigenvalue weighted by Crippen LogP contribution is -2.39. The van der Waals surface area contributed by atoms with Gasteiger partial charge in [-0.1, -0.05) is 0 Å². The molecule has 0 bridgehead atoms. The molecule has 0 saturated heterocycles. The standard InChI is InChI=1S/C18H32N4S2/c1-5-19-17(21-13-18(2,3)23-4)20-12-8-11-16-22-14-9-6-7-10-15(14)24-16/h5-13H2,1-4H3,(H2,19,20,21). The van der Waals surface area contributed by atoms with E-state index in [9.17, 15) is 0 Å². The van der Waals surface area contributed by atoms with Crippen LogP contribution in [-0.4, -0.2) is 41.6 Å². The van der Waals surface area contributed by atoms with Crippen molar-refractivity contribution in [2.75, 3.05) is 25.9 Å². The van der Waals surface area contributed by atoms with Gasteiger partial charge in [0.1, 0.15) is 0 Å². The number of aromatic nitrogens is 1. The third-order valence-corrected chi connectivity index (χ3v) is 6.72. The van der Waals surface area contributed by atoms with E-state index in [1.807, 2.05) is 23.1 Å². The molecule has 4 nitrogen and oxygen atoms in total. The first-order chi connectivity index (χ1) is 11.5. The zero-order valence-corrected chi connectivity index (χ0v) is 17.2. The van der Waals surface area contributed by atoms with Gasteiger partial charge in [0, 0.05) is 29.1 Å². The Kier molecular flexibility index (Phi) is 7.88. The number of thioether (sulfide) groups is 1. The minimum atomic E-state index is 0.183. The van der Waals surface area contributed by atoms with E-state index in [2.05, 4.69) is 37.7 Å². The number of fused-ring (bicyclic) bond motifs is 1. The monoisotopic (exact) mass is 368 g/mol. The number of thiazole rings is 1. The Bertz CT molecular complexity index is 514. The van der Waals surface area contributed by atoms with Crippen LogP contribution in [0.2, 0.25) is 0 Å². The number of hydrogen-bond donors (Lipinski definition) is 2. The van der Waals surface area contributed by atoms with Crippen LogP contribution in [0.4, 0.5) is 0 Å².